The Bertz CT molecular complexity index is 1130. The first-order valence-electron chi connectivity index (χ1n) is 11.0. The standard InChI is InChI=1S/C26H30N2O4S/c1-15-6-8-17(12-16-7-10-19(29-2)21(13-16)31-4)24-23(15)25(28-26(33)27-24)18-9-11-20(30-3)22(14-18)32-5/h7,9-15,25H,6,8H2,1-5H3,(H2,27,28,33)/b17-12-/t15-,25+/m1/s1. The van der Waals surface area contributed by atoms with E-state index in [2.05, 4.69) is 29.7 Å². The van der Waals surface area contributed by atoms with Crippen molar-refractivity contribution in [1.29, 1.82) is 0 Å². The fourth-order valence-electron chi connectivity index (χ4n) is 4.61. The predicted octanol–water partition coefficient (Wildman–Crippen LogP) is 5.01. The van der Waals surface area contributed by atoms with Crippen LogP contribution in [0.3, 0.4) is 0 Å². The summed E-state index contributed by atoms with van der Waals surface area (Å²) in [4.78, 5) is 0. The van der Waals surface area contributed by atoms with Crippen molar-refractivity contribution in [2.75, 3.05) is 28.4 Å². The number of ether oxygens (including phenoxy) is 4. The Morgan fingerprint density at radius 2 is 1.52 bits per heavy atom. The van der Waals surface area contributed by atoms with Gasteiger partial charge in [0.15, 0.2) is 28.1 Å². The Balaban J connectivity index is 1.79. The van der Waals surface area contributed by atoms with E-state index in [1.54, 1.807) is 28.4 Å². The molecule has 7 heteroatoms. The van der Waals surface area contributed by atoms with Gasteiger partial charge in [0.2, 0.25) is 0 Å². The molecule has 1 aliphatic heterocycles. The fraction of sp³-hybridized carbons (Fsp3) is 0.346. The molecule has 2 aromatic carbocycles. The van der Waals surface area contributed by atoms with Gasteiger partial charge >= 0.3 is 0 Å². The lowest BCUT2D eigenvalue weighted by Crippen LogP contribution is -2.46. The SMILES string of the molecule is COc1ccc(/C=C2/CC[C@@H](C)C3=C2NC(=S)N[C@H]3c2ccc(OC)c(OC)c2)cc1OC. The van der Waals surface area contributed by atoms with Gasteiger partial charge in [-0.2, -0.15) is 0 Å². The summed E-state index contributed by atoms with van der Waals surface area (Å²) in [5.74, 6) is 3.23. The zero-order valence-electron chi connectivity index (χ0n) is 19.7. The van der Waals surface area contributed by atoms with Crippen LogP contribution < -0.4 is 29.6 Å². The van der Waals surface area contributed by atoms with Crippen molar-refractivity contribution in [2.45, 2.75) is 25.8 Å². The monoisotopic (exact) mass is 466 g/mol. The van der Waals surface area contributed by atoms with E-state index in [0.717, 1.165) is 29.7 Å². The van der Waals surface area contributed by atoms with Crippen molar-refractivity contribution >= 4 is 23.4 Å². The van der Waals surface area contributed by atoms with Gasteiger partial charge in [-0.25, -0.2) is 0 Å². The molecule has 0 bridgehead atoms. The van der Waals surface area contributed by atoms with Crippen LogP contribution in [0.4, 0.5) is 0 Å². The average molecular weight is 467 g/mol. The largest absolute Gasteiger partial charge is 0.493 e. The molecule has 2 aliphatic rings. The van der Waals surface area contributed by atoms with Crippen LogP contribution in [-0.4, -0.2) is 33.6 Å². The van der Waals surface area contributed by atoms with Crippen molar-refractivity contribution in [3.63, 3.8) is 0 Å². The lowest BCUT2D eigenvalue weighted by atomic mass is 9.77. The average Bonchev–Trinajstić information content (AvgIpc) is 2.84. The van der Waals surface area contributed by atoms with Crippen LogP contribution in [0.2, 0.25) is 0 Å². The maximum atomic E-state index is 5.61. The maximum Gasteiger partial charge on any atom is 0.171 e. The third-order valence-corrected chi connectivity index (χ3v) is 6.52. The number of thiocarbonyl (C=S) groups is 1. The van der Waals surface area contributed by atoms with Crippen LogP contribution in [-0.2, 0) is 0 Å². The molecule has 0 amide bonds. The summed E-state index contributed by atoms with van der Waals surface area (Å²) in [7, 11) is 6.59. The third-order valence-electron chi connectivity index (χ3n) is 6.30. The van der Waals surface area contributed by atoms with Gasteiger partial charge in [0, 0.05) is 5.70 Å². The number of hydrogen-bond donors (Lipinski definition) is 2. The third kappa shape index (κ3) is 4.50. The summed E-state index contributed by atoms with van der Waals surface area (Å²) in [5, 5.41) is 7.52. The molecule has 33 heavy (non-hydrogen) atoms. The highest BCUT2D eigenvalue weighted by atomic mass is 32.1. The number of allylic oxidation sites excluding steroid dienone is 1. The second-order valence-corrected chi connectivity index (χ2v) is 8.61. The zero-order chi connectivity index (χ0) is 23.5. The van der Waals surface area contributed by atoms with Crippen LogP contribution in [0.5, 0.6) is 23.0 Å². The van der Waals surface area contributed by atoms with Gasteiger partial charge in [0.05, 0.1) is 34.5 Å². The molecule has 6 nitrogen and oxygen atoms in total. The first-order chi connectivity index (χ1) is 16.0. The molecule has 2 N–H and O–H groups in total. The minimum Gasteiger partial charge on any atom is -0.493 e. The summed E-state index contributed by atoms with van der Waals surface area (Å²) < 4.78 is 21.8. The number of rotatable bonds is 6. The molecule has 174 valence electrons. The van der Waals surface area contributed by atoms with Crippen LogP contribution in [0, 0.1) is 5.92 Å². The summed E-state index contributed by atoms with van der Waals surface area (Å²) in [6.45, 7) is 2.27. The van der Waals surface area contributed by atoms with Gasteiger partial charge in [-0.3, -0.25) is 0 Å². The highest BCUT2D eigenvalue weighted by molar-refractivity contribution is 7.80. The predicted molar refractivity (Wildman–Crippen MR) is 134 cm³/mol. The van der Waals surface area contributed by atoms with E-state index in [1.807, 2.05) is 30.3 Å². The molecule has 2 atom stereocenters. The summed E-state index contributed by atoms with van der Waals surface area (Å²) in [6, 6.07) is 11.9. The zero-order valence-corrected chi connectivity index (χ0v) is 20.5. The van der Waals surface area contributed by atoms with Gasteiger partial charge in [-0.15, -0.1) is 0 Å². The molecular weight excluding hydrogens is 436 g/mol. The van der Waals surface area contributed by atoms with Crippen molar-refractivity contribution < 1.29 is 18.9 Å². The Morgan fingerprint density at radius 1 is 0.879 bits per heavy atom. The summed E-state index contributed by atoms with van der Waals surface area (Å²) >= 11 is 5.61. The topological polar surface area (TPSA) is 61.0 Å². The molecule has 0 spiro atoms. The minimum absolute atomic E-state index is 0.0438. The minimum atomic E-state index is -0.0438. The molecule has 0 radical (unpaired) electrons. The van der Waals surface area contributed by atoms with Crippen LogP contribution >= 0.6 is 12.2 Å². The number of benzene rings is 2. The molecule has 4 rings (SSSR count). The summed E-state index contributed by atoms with van der Waals surface area (Å²) in [5.41, 5.74) is 5.77. The quantitative estimate of drug-likeness (QED) is 0.581. The molecule has 1 heterocycles. The van der Waals surface area contributed by atoms with Crippen molar-refractivity contribution in [1.82, 2.24) is 10.6 Å². The molecule has 2 aromatic rings. The Morgan fingerprint density at radius 3 is 2.18 bits per heavy atom. The molecule has 0 fully saturated rings. The van der Waals surface area contributed by atoms with Gasteiger partial charge < -0.3 is 29.6 Å². The van der Waals surface area contributed by atoms with E-state index < -0.39 is 0 Å². The first kappa shape index (κ1) is 23.0. The smallest absolute Gasteiger partial charge is 0.171 e. The maximum absolute atomic E-state index is 5.61. The van der Waals surface area contributed by atoms with E-state index in [9.17, 15) is 0 Å². The van der Waals surface area contributed by atoms with Crippen molar-refractivity contribution in [2.24, 2.45) is 5.92 Å². The molecule has 1 aliphatic carbocycles. The number of hydrogen-bond acceptors (Lipinski definition) is 5. The van der Waals surface area contributed by atoms with E-state index >= 15 is 0 Å². The Kier molecular flexibility index (Phi) is 6.79. The van der Waals surface area contributed by atoms with E-state index in [-0.39, 0.29) is 6.04 Å². The van der Waals surface area contributed by atoms with Gasteiger partial charge in [0.25, 0.3) is 0 Å². The van der Waals surface area contributed by atoms with Crippen molar-refractivity contribution in [3.8, 4) is 23.0 Å². The van der Waals surface area contributed by atoms with E-state index in [1.165, 1.54) is 11.1 Å². The molecule has 0 unspecified atom stereocenters. The van der Waals surface area contributed by atoms with Gasteiger partial charge in [-0.1, -0.05) is 19.1 Å². The fourth-order valence-corrected chi connectivity index (χ4v) is 4.83. The van der Waals surface area contributed by atoms with Crippen molar-refractivity contribution in [3.05, 3.63) is 64.4 Å². The molecular formula is C26H30N2O4S. The lowest BCUT2D eigenvalue weighted by molar-refractivity contribution is 0.354. The second kappa shape index (κ2) is 9.75. The number of methoxy groups -OCH3 is 4. The highest BCUT2D eigenvalue weighted by Gasteiger charge is 2.34. The lowest BCUT2D eigenvalue weighted by Gasteiger charge is -2.39. The van der Waals surface area contributed by atoms with Gasteiger partial charge in [-0.05, 0) is 83.6 Å². The van der Waals surface area contributed by atoms with E-state index in [0.29, 0.717) is 34.0 Å². The first-order valence-corrected chi connectivity index (χ1v) is 11.4. The van der Waals surface area contributed by atoms with Crippen LogP contribution in [0.25, 0.3) is 6.08 Å². The Hall–Kier alpha value is -3.19. The summed E-state index contributed by atoms with van der Waals surface area (Å²) in [6.07, 6.45) is 4.22. The number of nitrogens with one attached hydrogen (secondary N) is 2. The normalized spacial score (nSPS) is 21.1. The highest BCUT2D eigenvalue weighted by Crippen LogP contribution is 2.43. The molecule has 0 aromatic heterocycles. The van der Waals surface area contributed by atoms with Crippen LogP contribution in [0.15, 0.2) is 53.2 Å². The Labute approximate surface area is 200 Å². The second-order valence-electron chi connectivity index (χ2n) is 8.20. The van der Waals surface area contributed by atoms with Gasteiger partial charge in [0.1, 0.15) is 0 Å². The van der Waals surface area contributed by atoms with E-state index in [4.69, 9.17) is 31.2 Å². The molecule has 0 saturated heterocycles. The van der Waals surface area contributed by atoms with Crippen LogP contribution in [0.1, 0.15) is 36.9 Å². The molecule has 0 saturated carbocycles.